The normalized spacial score (nSPS) is 20.0. The first-order valence-corrected chi connectivity index (χ1v) is 7.68. The molecule has 120 valence electrons. The molecule has 6 heteroatoms. The van der Waals surface area contributed by atoms with Crippen LogP contribution in [-0.4, -0.2) is 36.6 Å². The van der Waals surface area contributed by atoms with Crippen LogP contribution in [-0.2, 0) is 23.9 Å². The molecule has 1 aliphatic rings. The van der Waals surface area contributed by atoms with Crippen LogP contribution in [0.4, 0.5) is 0 Å². The lowest BCUT2D eigenvalue weighted by molar-refractivity contribution is -0.168. The van der Waals surface area contributed by atoms with Gasteiger partial charge in [-0.1, -0.05) is 26.2 Å². The molecular formula is C15H25NO5. The molecule has 1 heterocycles. The van der Waals surface area contributed by atoms with E-state index >= 15 is 0 Å². The van der Waals surface area contributed by atoms with Crippen molar-refractivity contribution in [1.29, 1.82) is 0 Å². The molecule has 1 amide bonds. The fourth-order valence-corrected chi connectivity index (χ4v) is 2.72. The van der Waals surface area contributed by atoms with Gasteiger partial charge in [-0.3, -0.25) is 4.79 Å². The third kappa shape index (κ3) is 3.74. The van der Waals surface area contributed by atoms with Crippen molar-refractivity contribution in [2.75, 3.05) is 13.2 Å². The molecular weight excluding hydrogens is 274 g/mol. The van der Waals surface area contributed by atoms with E-state index in [9.17, 15) is 14.4 Å². The Bertz CT molecular complexity index is 376. The van der Waals surface area contributed by atoms with E-state index < -0.39 is 23.4 Å². The van der Waals surface area contributed by atoms with Crippen LogP contribution in [0.15, 0.2) is 0 Å². The Labute approximate surface area is 125 Å². The molecule has 0 aromatic heterocycles. The summed E-state index contributed by atoms with van der Waals surface area (Å²) in [5.74, 6) is -2.14. The largest absolute Gasteiger partial charge is 0.464 e. The van der Waals surface area contributed by atoms with Gasteiger partial charge in [0.1, 0.15) is 0 Å². The van der Waals surface area contributed by atoms with Crippen molar-refractivity contribution in [3.8, 4) is 0 Å². The first kappa shape index (κ1) is 17.5. The van der Waals surface area contributed by atoms with Gasteiger partial charge in [0.2, 0.25) is 11.4 Å². The van der Waals surface area contributed by atoms with Gasteiger partial charge in [0.25, 0.3) is 0 Å². The summed E-state index contributed by atoms with van der Waals surface area (Å²) in [4.78, 5) is 36.5. The van der Waals surface area contributed by atoms with Crippen LogP contribution in [0.1, 0.15) is 52.9 Å². The van der Waals surface area contributed by atoms with Gasteiger partial charge in [-0.15, -0.1) is 0 Å². The molecule has 21 heavy (non-hydrogen) atoms. The standard InChI is InChI=1S/C15H25NO5/c1-4-7-8-9-11-10-12(17)16-15(11,13(18)20-5-2)14(19)21-6-3/h11H,4-10H2,1-3H3,(H,16,17). The van der Waals surface area contributed by atoms with Crippen LogP contribution < -0.4 is 5.32 Å². The van der Waals surface area contributed by atoms with Gasteiger partial charge in [-0.05, 0) is 20.3 Å². The Morgan fingerprint density at radius 1 is 1.14 bits per heavy atom. The van der Waals surface area contributed by atoms with E-state index in [4.69, 9.17) is 9.47 Å². The molecule has 0 aromatic carbocycles. The van der Waals surface area contributed by atoms with Crippen LogP contribution in [0.25, 0.3) is 0 Å². The molecule has 0 saturated carbocycles. The summed E-state index contributed by atoms with van der Waals surface area (Å²) in [5, 5.41) is 2.53. The minimum absolute atomic E-state index is 0.150. The second-order valence-corrected chi connectivity index (χ2v) is 5.19. The zero-order chi connectivity index (χ0) is 15.9. The Morgan fingerprint density at radius 3 is 2.19 bits per heavy atom. The molecule has 1 saturated heterocycles. The van der Waals surface area contributed by atoms with E-state index in [0.717, 1.165) is 19.3 Å². The van der Waals surface area contributed by atoms with E-state index in [-0.39, 0.29) is 25.5 Å². The number of carbonyl (C=O) groups is 3. The summed E-state index contributed by atoms with van der Waals surface area (Å²) in [6, 6.07) is 0. The highest BCUT2D eigenvalue weighted by Crippen LogP contribution is 2.34. The molecule has 1 rings (SSSR count). The van der Waals surface area contributed by atoms with Crippen molar-refractivity contribution < 1.29 is 23.9 Å². The van der Waals surface area contributed by atoms with Crippen LogP contribution in [0.5, 0.6) is 0 Å². The first-order chi connectivity index (χ1) is 10.0. The summed E-state index contributed by atoms with van der Waals surface area (Å²) >= 11 is 0. The van der Waals surface area contributed by atoms with Crippen molar-refractivity contribution >= 4 is 17.8 Å². The maximum atomic E-state index is 12.3. The molecule has 0 radical (unpaired) electrons. The number of unbranched alkanes of at least 4 members (excludes halogenated alkanes) is 2. The fraction of sp³-hybridized carbons (Fsp3) is 0.800. The van der Waals surface area contributed by atoms with Crippen LogP contribution in [0.2, 0.25) is 0 Å². The van der Waals surface area contributed by atoms with Crippen LogP contribution >= 0.6 is 0 Å². The van der Waals surface area contributed by atoms with E-state index in [1.165, 1.54) is 0 Å². The molecule has 0 aromatic rings. The number of nitrogens with one attached hydrogen (secondary N) is 1. The lowest BCUT2D eigenvalue weighted by Crippen LogP contribution is -2.60. The van der Waals surface area contributed by atoms with Crippen molar-refractivity contribution in [2.45, 2.75) is 58.4 Å². The van der Waals surface area contributed by atoms with Gasteiger partial charge in [-0.25, -0.2) is 9.59 Å². The number of amides is 1. The molecule has 1 fully saturated rings. The van der Waals surface area contributed by atoms with Crippen LogP contribution in [0.3, 0.4) is 0 Å². The predicted molar refractivity (Wildman–Crippen MR) is 76.4 cm³/mol. The van der Waals surface area contributed by atoms with Gasteiger partial charge in [0.05, 0.1) is 13.2 Å². The molecule has 0 bridgehead atoms. The second kappa shape index (κ2) is 8.00. The van der Waals surface area contributed by atoms with E-state index in [1.54, 1.807) is 13.8 Å². The van der Waals surface area contributed by atoms with Crippen molar-refractivity contribution in [3.05, 3.63) is 0 Å². The maximum Gasteiger partial charge on any atom is 0.344 e. The van der Waals surface area contributed by atoms with Crippen molar-refractivity contribution in [1.82, 2.24) is 5.32 Å². The quantitative estimate of drug-likeness (QED) is 0.418. The minimum Gasteiger partial charge on any atom is -0.464 e. The van der Waals surface area contributed by atoms with E-state index in [1.807, 2.05) is 0 Å². The summed E-state index contributed by atoms with van der Waals surface area (Å²) < 4.78 is 10.1. The average Bonchev–Trinajstić information content (AvgIpc) is 2.77. The topological polar surface area (TPSA) is 81.7 Å². The smallest absolute Gasteiger partial charge is 0.344 e. The third-order valence-corrected chi connectivity index (χ3v) is 3.73. The van der Waals surface area contributed by atoms with Crippen LogP contribution in [0, 0.1) is 5.92 Å². The Hall–Kier alpha value is -1.59. The summed E-state index contributed by atoms with van der Waals surface area (Å²) in [6.07, 6.45) is 3.65. The molecule has 1 atom stereocenters. The Balaban J connectivity index is 3.02. The summed E-state index contributed by atoms with van der Waals surface area (Å²) in [5.41, 5.74) is -1.67. The minimum atomic E-state index is -1.67. The number of hydrogen-bond acceptors (Lipinski definition) is 5. The van der Waals surface area contributed by atoms with Gasteiger partial charge < -0.3 is 14.8 Å². The van der Waals surface area contributed by atoms with Crippen molar-refractivity contribution in [2.24, 2.45) is 5.92 Å². The monoisotopic (exact) mass is 299 g/mol. The van der Waals surface area contributed by atoms with E-state index in [0.29, 0.717) is 6.42 Å². The molecule has 6 nitrogen and oxygen atoms in total. The molecule has 1 unspecified atom stereocenters. The molecule has 1 aliphatic heterocycles. The number of esters is 2. The second-order valence-electron chi connectivity index (χ2n) is 5.19. The van der Waals surface area contributed by atoms with E-state index in [2.05, 4.69) is 12.2 Å². The van der Waals surface area contributed by atoms with Crippen molar-refractivity contribution in [3.63, 3.8) is 0 Å². The van der Waals surface area contributed by atoms with Gasteiger partial charge >= 0.3 is 11.9 Å². The highest BCUT2D eigenvalue weighted by Gasteiger charge is 2.60. The van der Waals surface area contributed by atoms with Gasteiger partial charge in [0.15, 0.2) is 0 Å². The highest BCUT2D eigenvalue weighted by atomic mass is 16.6. The number of carbonyl (C=O) groups excluding carboxylic acids is 3. The molecule has 0 aliphatic carbocycles. The molecule has 1 N–H and O–H groups in total. The molecule has 0 spiro atoms. The zero-order valence-electron chi connectivity index (χ0n) is 13.1. The third-order valence-electron chi connectivity index (χ3n) is 3.73. The van der Waals surface area contributed by atoms with Gasteiger partial charge in [0, 0.05) is 12.3 Å². The average molecular weight is 299 g/mol. The fourth-order valence-electron chi connectivity index (χ4n) is 2.72. The number of hydrogen-bond donors (Lipinski definition) is 1. The Morgan fingerprint density at radius 2 is 1.71 bits per heavy atom. The lowest BCUT2D eigenvalue weighted by atomic mass is 9.81. The number of ether oxygens (including phenoxy) is 2. The maximum absolute atomic E-state index is 12.3. The first-order valence-electron chi connectivity index (χ1n) is 7.68. The number of rotatable bonds is 8. The predicted octanol–water partition coefficient (Wildman–Crippen LogP) is 1.57. The van der Waals surface area contributed by atoms with Gasteiger partial charge in [-0.2, -0.15) is 0 Å². The zero-order valence-corrected chi connectivity index (χ0v) is 13.1. The summed E-state index contributed by atoms with van der Waals surface area (Å²) in [6.45, 7) is 5.70. The SMILES string of the molecule is CCCCCC1CC(=O)NC1(C(=O)OCC)C(=O)OCC. The highest BCUT2D eigenvalue weighted by molar-refractivity contribution is 6.10. The summed E-state index contributed by atoms with van der Waals surface area (Å²) in [7, 11) is 0. The lowest BCUT2D eigenvalue weighted by Gasteiger charge is -2.30. The Kier molecular flexibility index (Phi) is 6.65.